The molecule has 1 unspecified atom stereocenters. The third kappa shape index (κ3) is 2.97. The molecule has 7 heteroatoms. The van der Waals surface area contributed by atoms with Gasteiger partial charge in [-0.15, -0.1) is 11.3 Å². The van der Waals surface area contributed by atoms with Crippen molar-refractivity contribution in [3.05, 3.63) is 32.5 Å². The standard InChI is InChI=1S/C11H12BrN3O2S/c1-6(10-14-5-17-15-10)4-13-11(16)8-3-7(2)18-9(8)12/h3,5-6H,4H2,1-2H3,(H,13,16). The maximum absolute atomic E-state index is 12.0. The fourth-order valence-corrected chi connectivity index (χ4v) is 3.25. The summed E-state index contributed by atoms with van der Waals surface area (Å²) in [5, 5.41) is 6.60. The highest BCUT2D eigenvalue weighted by Gasteiger charge is 2.16. The second kappa shape index (κ2) is 5.62. The highest BCUT2D eigenvalue weighted by Crippen LogP contribution is 2.27. The van der Waals surface area contributed by atoms with E-state index in [0.29, 0.717) is 17.9 Å². The van der Waals surface area contributed by atoms with Crippen molar-refractivity contribution in [3.63, 3.8) is 0 Å². The summed E-state index contributed by atoms with van der Waals surface area (Å²) in [5.74, 6) is 0.517. The van der Waals surface area contributed by atoms with Crippen molar-refractivity contribution in [2.45, 2.75) is 19.8 Å². The molecule has 96 valence electrons. The summed E-state index contributed by atoms with van der Waals surface area (Å²) in [5.41, 5.74) is 0.665. The molecule has 0 bridgehead atoms. The lowest BCUT2D eigenvalue weighted by Crippen LogP contribution is -2.27. The molecule has 2 aromatic heterocycles. The van der Waals surface area contributed by atoms with Crippen LogP contribution in [0.4, 0.5) is 0 Å². The van der Waals surface area contributed by atoms with Crippen LogP contribution in [0, 0.1) is 6.92 Å². The third-order valence-corrected chi connectivity index (χ3v) is 4.19. The minimum absolute atomic E-state index is 0.0196. The quantitative estimate of drug-likeness (QED) is 0.936. The van der Waals surface area contributed by atoms with Gasteiger partial charge >= 0.3 is 0 Å². The zero-order valence-corrected chi connectivity index (χ0v) is 12.3. The van der Waals surface area contributed by atoms with Gasteiger partial charge in [-0.2, -0.15) is 4.98 Å². The Balaban J connectivity index is 1.94. The zero-order valence-electron chi connectivity index (χ0n) is 9.94. The molecule has 0 aliphatic carbocycles. The lowest BCUT2D eigenvalue weighted by Gasteiger charge is -2.08. The molecule has 1 amide bonds. The molecule has 2 rings (SSSR count). The van der Waals surface area contributed by atoms with Gasteiger partial charge in [0.2, 0.25) is 6.39 Å². The number of nitrogens with zero attached hydrogens (tertiary/aromatic N) is 2. The van der Waals surface area contributed by atoms with Gasteiger partial charge in [-0.05, 0) is 28.9 Å². The molecular weight excluding hydrogens is 318 g/mol. The number of hydrogen-bond donors (Lipinski definition) is 1. The van der Waals surface area contributed by atoms with Gasteiger partial charge in [0.05, 0.1) is 9.35 Å². The van der Waals surface area contributed by atoms with Gasteiger partial charge in [-0.25, -0.2) is 0 Å². The Kier molecular flexibility index (Phi) is 4.13. The third-order valence-electron chi connectivity index (χ3n) is 2.44. The van der Waals surface area contributed by atoms with E-state index < -0.39 is 0 Å². The SMILES string of the molecule is Cc1cc(C(=O)NCC(C)c2ncon2)c(Br)s1. The number of thiophene rings is 1. The number of amides is 1. The van der Waals surface area contributed by atoms with Gasteiger partial charge in [-0.3, -0.25) is 4.79 Å². The van der Waals surface area contributed by atoms with E-state index in [2.05, 4.69) is 35.9 Å². The predicted octanol–water partition coefficient (Wildman–Crippen LogP) is 2.74. The van der Waals surface area contributed by atoms with Crippen LogP contribution in [0.25, 0.3) is 0 Å². The van der Waals surface area contributed by atoms with Gasteiger partial charge in [0.15, 0.2) is 5.82 Å². The topological polar surface area (TPSA) is 68.0 Å². The maximum atomic E-state index is 12.0. The van der Waals surface area contributed by atoms with Gasteiger partial charge in [-0.1, -0.05) is 12.1 Å². The van der Waals surface area contributed by atoms with E-state index >= 15 is 0 Å². The smallest absolute Gasteiger partial charge is 0.253 e. The second-order valence-electron chi connectivity index (χ2n) is 3.94. The summed E-state index contributed by atoms with van der Waals surface area (Å²) in [6, 6.07) is 1.86. The molecule has 0 aliphatic heterocycles. The summed E-state index contributed by atoms with van der Waals surface area (Å²) in [6.07, 6.45) is 1.28. The number of nitrogens with one attached hydrogen (secondary N) is 1. The lowest BCUT2D eigenvalue weighted by atomic mass is 10.1. The molecule has 0 aliphatic rings. The largest absolute Gasteiger partial charge is 0.351 e. The number of carbonyl (C=O) groups excluding carboxylic acids is 1. The van der Waals surface area contributed by atoms with Crippen LogP contribution >= 0.6 is 27.3 Å². The number of aryl methyl sites for hydroxylation is 1. The van der Waals surface area contributed by atoms with Crippen LogP contribution < -0.4 is 5.32 Å². The fourth-order valence-electron chi connectivity index (χ4n) is 1.47. The molecule has 0 saturated heterocycles. The van der Waals surface area contributed by atoms with E-state index in [1.54, 1.807) is 11.3 Å². The molecule has 0 aromatic carbocycles. The number of halogens is 1. The van der Waals surface area contributed by atoms with E-state index in [-0.39, 0.29) is 11.8 Å². The Labute approximate surface area is 117 Å². The number of aromatic nitrogens is 2. The Hall–Kier alpha value is -1.21. The molecule has 18 heavy (non-hydrogen) atoms. The molecule has 1 atom stereocenters. The van der Waals surface area contributed by atoms with Crippen LogP contribution in [0.2, 0.25) is 0 Å². The molecule has 2 aromatic rings. The Morgan fingerprint density at radius 2 is 2.44 bits per heavy atom. The minimum atomic E-state index is -0.0958. The van der Waals surface area contributed by atoms with Crippen molar-refractivity contribution in [2.75, 3.05) is 6.54 Å². The summed E-state index contributed by atoms with van der Waals surface area (Å²) in [7, 11) is 0. The van der Waals surface area contributed by atoms with Crippen molar-refractivity contribution >= 4 is 33.2 Å². The molecule has 0 fully saturated rings. The van der Waals surface area contributed by atoms with Gasteiger partial charge < -0.3 is 9.84 Å². The monoisotopic (exact) mass is 329 g/mol. The molecule has 5 nitrogen and oxygen atoms in total. The molecule has 0 spiro atoms. The summed E-state index contributed by atoms with van der Waals surface area (Å²) < 4.78 is 5.52. The van der Waals surface area contributed by atoms with Crippen LogP contribution in [-0.2, 0) is 0 Å². The van der Waals surface area contributed by atoms with E-state index in [0.717, 1.165) is 8.66 Å². The highest BCUT2D eigenvalue weighted by molar-refractivity contribution is 9.11. The predicted molar refractivity (Wildman–Crippen MR) is 71.8 cm³/mol. The normalized spacial score (nSPS) is 12.4. The molecule has 2 heterocycles. The first kappa shape index (κ1) is 13.2. The number of carbonyl (C=O) groups is 1. The molecule has 0 saturated carbocycles. The van der Waals surface area contributed by atoms with Crippen molar-refractivity contribution < 1.29 is 9.32 Å². The Morgan fingerprint density at radius 3 is 3.00 bits per heavy atom. The lowest BCUT2D eigenvalue weighted by molar-refractivity contribution is 0.0951. The maximum Gasteiger partial charge on any atom is 0.253 e. The van der Waals surface area contributed by atoms with Crippen LogP contribution in [-0.4, -0.2) is 22.6 Å². The molecule has 1 N–H and O–H groups in total. The van der Waals surface area contributed by atoms with Crippen molar-refractivity contribution in [2.24, 2.45) is 0 Å². The number of hydrogen-bond acceptors (Lipinski definition) is 5. The van der Waals surface area contributed by atoms with Crippen molar-refractivity contribution in [1.29, 1.82) is 0 Å². The first-order valence-corrected chi connectivity index (χ1v) is 6.99. The highest BCUT2D eigenvalue weighted by atomic mass is 79.9. The molecule has 0 radical (unpaired) electrons. The van der Waals surface area contributed by atoms with Crippen LogP contribution in [0.5, 0.6) is 0 Å². The average Bonchev–Trinajstić information content (AvgIpc) is 2.95. The first-order valence-electron chi connectivity index (χ1n) is 5.38. The summed E-state index contributed by atoms with van der Waals surface area (Å²) in [4.78, 5) is 17.0. The van der Waals surface area contributed by atoms with E-state index in [1.165, 1.54) is 6.39 Å². The zero-order chi connectivity index (χ0) is 13.1. The van der Waals surface area contributed by atoms with E-state index in [1.807, 2.05) is 19.9 Å². The molecular formula is C11H12BrN3O2S. The van der Waals surface area contributed by atoms with E-state index in [9.17, 15) is 4.79 Å². The number of rotatable bonds is 4. The van der Waals surface area contributed by atoms with Crippen molar-refractivity contribution in [3.8, 4) is 0 Å². The van der Waals surface area contributed by atoms with E-state index in [4.69, 9.17) is 0 Å². The van der Waals surface area contributed by atoms with Crippen molar-refractivity contribution in [1.82, 2.24) is 15.5 Å². The first-order chi connectivity index (χ1) is 8.58. The fraction of sp³-hybridized carbons (Fsp3) is 0.364. The van der Waals surface area contributed by atoms with Gasteiger partial charge in [0.1, 0.15) is 0 Å². The van der Waals surface area contributed by atoms with Crippen LogP contribution in [0.3, 0.4) is 0 Å². The van der Waals surface area contributed by atoms with Gasteiger partial charge in [0, 0.05) is 17.3 Å². The average molecular weight is 330 g/mol. The van der Waals surface area contributed by atoms with Gasteiger partial charge in [0.25, 0.3) is 5.91 Å². The second-order valence-corrected chi connectivity index (χ2v) is 6.52. The Bertz CT molecular complexity index is 538. The summed E-state index contributed by atoms with van der Waals surface area (Å²) >= 11 is 4.93. The van der Waals surface area contributed by atoms with Crippen LogP contribution in [0.15, 0.2) is 20.8 Å². The Morgan fingerprint density at radius 1 is 1.67 bits per heavy atom. The van der Waals surface area contributed by atoms with Crippen LogP contribution in [0.1, 0.15) is 33.9 Å². The minimum Gasteiger partial charge on any atom is -0.351 e. The summed E-state index contributed by atoms with van der Waals surface area (Å²) in [6.45, 7) is 4.37.